The molecule has 0 spiro atoms. The standard InChI is InChI=1S/C42H26N8/c1-5-19-35-27(13-1)28-14-2-6-20-36(28)49(35)39-26-40(50-37-21-7-3-15-29(37)30-16-4-8-22-38(30)50)48-42(47-39)41-45-33(31-17-9-11-23-43-31)25-34(46-41)32-18-10-12-24-44-32/h1-26H. The Morgan fingerprint density at radius 2 is 0.680 bits per heavy atom. The van der Waals surface area contributed by atoms with Gasteiger partial charge in [-0.3, -0.25) is 19.1 Å². The fourth-order valence-electron chi connectivity index (χ4n) is 6.93. The van der Waals surface area contributed by atoms with Crippen molar-refractivity contribution in [3.05, 3.63) is 158 Å². The van der Waals surface area contributed by atoms with Gasteiger partial charge >= 0.3 is 0 Å². The summed E-state index contributed by atoms with van der Waals surface area (Å²) in [6, 6.07) is 49.2. The molecule has 0 bridgehead atoms. The highest BCUT2D eigenvalue weighted by atomic mass is 15.2. The maximum atomic E-state index is 5.26. The van der Waals surface area contributed by atoms with Gasteiger partial charge < -0.3 is 0 Å². The number of hydrogen-bond acceptors (Lipinski definition) is 6. The third-order valence-corrected chi connectivity index (χ3v) is 9.10. The first-order chi connectivity index (χ1) is 24.8. The highest BCUT2D eigenvalue weighted by molar-refractivity contribution is 6.10. The molecule has 8 nitrogen and oxygen atoms in total. The van der Waals surface area contributed by atoms with Crippen molar-refractivity contribution < 1.29 is 0 Å². The number of benzene rings is 4. The molecule has 0 saturated carbocycles. The quantitative estimate of drug-likeness (QED) is 0.186. The Hall–Kier alpha value is -7.06. The second-order valence-electron chi connectivity index (χ2n) is 12.0. The lowest BCUT2D eigenvalue weighted by Gasteiger charge is -2.14. The number of fused-ring (bicyclic) bond motifs is 6. The molecule has 0 N–H and O–H groups in total. The van der Waals surface area contributed by atoms with Crippen molar-refractivity contribution in [2.24, 2.45) is 0 Å². The maximum Gasteiger partial charge on any atom is 0.201 e. The van der Waals surface area contributed by atoms with E-state index in [-0.39, 0.29) is 0 Å². The SMILES string of the molecule is c1ccc(-c2cc(-c3ccccn3)nc(-c3nc(-n4c5ccccc5c5ccccc54)cc(-n4c5ccccc5c5ccccc54)n3)n2)nc1. The first kappa shape index (κ1) is 28.0. The van der Waals surface area contributed by atoms with Crippen LogP contribution in [0.5, 0.6) is 0 Å². The topological polar surface area (TPSA) is 87.2 Å². The van der Waals surface area contributed by atoms with Crippen molar-refractivity contribution in [3.8, 4) is 46.1 Å². The summed E-state index contributed by atoms with van der Waals surface area (Å²) in [6.07, 6.45) is 3.52. The van der Waals surface area contributed by atoms with Gasteiger partial charge in [0.05, 0.1) is 44.8 Å². The highest BCUT2D eigenvalue weighted by Gasteiger charge is 2.21. The molecule has 0 aliphatic carbocycles. The molecular weight excluding hydrogens is 617 g/mol. The van der Waals surface area contributed by atoms with Crippen molar-refractivity contribution in [1.82, 2.24) is 39.0 Å². The Balaban J connectivity index is 1.31. The van der Waals surface area contributed by atoms with Crippen LogP contribution in [0, 0.1) is 0 Å². The van der Waals surface area contributed by atoms with E-state index in [4.69, 9.17) is 19.9 Å². The Labute approximate surface area is 286 Å². The fourth-order valence-corrected chi connectivity index (χ4v) is 6.93. The Morgan fingerprint density at radius 1 is 0.320 bits per heavy atom. The van der Waals surface area contributed by atoms with Gasteiger partial charge in [0.1, 0.15) is 11.6 Å². The van der Waals surface area contributed by atoms with Gasteiger partial charge in [-0.2, -0.15) is 0 Å². The molecule has 50 heavy (non-hydrogen) atoms. The van der Waals surface area contributed by atoms with E-state index < -0.39 is 0 Å². The number of hydrogen-bond donors (Lipinski definition) is 0. The van der Waals surface area contributed by atoms with Crippen molar-refractivity contribution in [2.75, 3.05) is 0 Å². The van der Waals surface area contributed by atoms with E-state index in [0.29, 0.717) is 34.7 Å². The Kier molecular flexibility index (Phi) is 6.32. The van der Waals surface area contributed by atoms with Gasteiger partial charge in [0.2, 0.25) is 5.82 Å². The van der Waals surface area contributed by atoms with E-state index in [0.717, 1.165) is 55.0 Å². The van der Waals surface area contributed by atoms with Crippen LogP contribution in [0.4, 0.5) is 0 Å². The lowest BCUT2D eigenvalue weighted by Crippen LogP contribution is -2.08. The average Bonchev–Trinajstić information content (AvgIpc) is 3.71. The van der Waals surface area contributed by atoms with Gasteiger partial charge in [0, 0.05) is 40.0 Å². The molecule has 0 saturated heterocycles. The molecule has 10 aromatic rings. The molecule has 0 radical (unpaired) electrons. The minimum absolute atomic E-state index is 0.374. The summed E-state index contributed by atoms with van der Waals surface area (Å²) >= 11 is 0. The smallest absolute Gasteiger partial charge is 0.201 e. The van der Waals surface area contributed by atoms with Crippen LogP contribution in [0.3, 0.4) is 0 Å². The molecule has 0 aliphatic rings. The van der Waals surface area contributed by atoms with Gasteiger partial charge in [0.25, 0.3) is 0 Å². The van der Waals surface area contributed by atoms with Crippen LogP contribution < -0.4 is 0 Å². The molecule has 4 aromatic carbocycles. The minimum Gasteiger partial charge on any atom is -0.294 e. The summed E-state index contributed by atoms with van der Waals surface area (Å²) in [4.78, 5) is 29.8. The van der Waals surface area contributed by atoms with Crippen LogP contribution in [0.15, 0.2) is 158 Å². The van der Waals surface area contributed by atoms with E-state index in [1.54, 1.807) is 12.4 Å². The molecule has 6 aromatic heterocycles. The summed E-state index contributed by atoms with van der Waals surface area (Å²) in [7, 11) is 0. The largest absolute Gasteiger partial charge is 0.294 e. The van der Waals surface area contributed by atoms with Crippen LogP contribution in [0.2, 0.25) is 0 Å². The van der Waals surface area contributed by atoms with Gasteiger partial charge in [-0.25, -0.2) is 19.9 Å². The molecular formula is C42H26N8. The van der Waals surface area contributed by atoms with Crippen molar-refractivity contribution in [3.63, 3.8) is 0 Å². The number of pyridine rings is 2. The minimum atomic E-state index is 0.374. The Morgan fingerprint density at radius 3 is 1.06 bits per heavy atom. The number of para-hydroxylation sites is 4. The molecule has 10 rings (SSSR count). The van der Waals surface area contributed by atoms with E-state index >= 15 is 0 Å². The van der Waals surface area contributed by atoms with E-state index in [9.17, 15) is 0 Å². The van der Waals surface area contributed by atoms with Crippen LogP contribution in [0.25, 0.3) is 89.7 Å². The second-order valence-corrected chi connectivity index (χ2v) is 12.0. The molecule has 6 heterocycles. The summed E-state index contributed by atoms with van der Waals surface area (Å²) in [5, 5.41) is 4.58. The zero-order valence-corrected chi connectivity index (χ0v) is 26.6. The maximum absolute atomic E-state index is 5.26. The predicted molar refractivity (Wildman–Crippen MR) is 198 cm³/mol. The fraction of sp³-hybridized carbons (Fsp3) is 0. The molecule has 0 fully saturated rings. The zero-order valence-electron chi connectivity index (χ0n) is 26.6. The molecule has 0 atom stereocenters. The number of nitrogens with zero attached hydrogens (tertiary/aromatic N) is 8. The van der Waals surface area contributed by atoms with E-state index in [1.807, 2.05) is 42.5 Å². The molecule has 0 aliphatic heterocycles. The third kappa shape index (κ3) is 4.47. The highest BCUT2D eigenvalue weighted by Crippen LogP contribution is 2.35. The van der Waals surface area contributed by atoms with Gasteiger partial charge in [0.15, 0.2) is 5.82 Å². The van der Waals surface area contributed by atoms with Gasteiger partial charge in [-0.1, -0.05) is 84.9 Å². The summed E-state index contributed by atoms with van der Waals surface area (Å²) < 4.78 is 4.41. The molecule has 0 unspecified atom stereocenters. The van der Waals surface area contributed by atoms with Crippen molar-refractivity contribution >= 4 is 43.6 Å². The molecule has 0 amide bonds. The third-order valence-electron chi connectivity index (χ3n) is 9.10. The lowest BCUT2D eigenvalue weighted by molar-refractivity contribution is 0.974. The number of aromatic nitrogens is 8. The van der Waals surface area contributed by atoms with Crippen molar-refractivity contribution in [2.45, 2.75) is 0 Å². The predicted octanol–water partition coefficient (Wildman–Crippen LogP) is 9.25. The van der Waals surface area contributed by atoms with Crippen LogP contribution in [-0.2, 0) is 0 Å². The first-order valence-electron chi connectivity index (χ1n) is 16.4. The second kappa shape index (κ2) is 11.3. The first-order valence-corrected chi connectivity index (χ1v) is 16.4. The lowest BCUT2D eigenvalue weighted by atomic mass is 10.2. The van der Waals surface area contributed by atoms with Crippen LogP contribution in [-0.4, -0.2) is 39.0 Å². The Bertz CT molecular complexity index is 2580. The number of rotatable bonds is 5. The van der Waals surface area contributed by atoms with E-state index in [1.165, 1.54) is 0 Å². The molecule has 8 heteroatoms. The summed E-state index contributed by atoms with van der Waals surface area (Å²) in [6.45, 7) is 0. The normalized spacial score (nSPS) is 11.6. The average molecular weight is 643 g/mol. The molecule has 234 valence electrons. The van der Waals surface area contributed by atoms with E-state index in [2.05, 4.69) is 122 Å². The monoisotopic (exact) mass is 642 g/mol. The van der Waals surface area contributed by atoms with Crippen LogP contribution in [0.1, 0.15) is 0 Å². The van der Waals surface area contributed by atoms with Gasteiger partial charge in [-0.05, 0) is 54.6 Å². The van der Waals surface area contributed by atoms with Crippen LogP contribution >= 0.6 is 0 Å². The summed E-state index contributed by atoms with van der Waals surface area (Å²) in [5.41, 5.74) is 6.92. The van der Waals surface area contributed by atoms with Crippen molar-refractivity contribution in [1.29, 1.82) is 0 Å². The van der Waals surface area contributed by atoms with Gasteiger partial charge in [-0.15, -0.1) is 0 Å². The zero-order chi connectivity index (χ0) is 33.0. The summed E-state index contributed by atoms with van der Waals surface area (Å²) in [5.74, 6) is 2.17.